The highest BCUT2D eigenvalue weighted by Crippen LogP contribution is 2.24. The first kappa shape index (κ1) is 14.0. The Balaban J connectivity index is 1.76. The van der Waals surface area contributed by atoms with Crippen LogP contribution < -0.4 is 0 Å². The van der Waals surface area contributed by atoms with Crippen LogP contribution in [-0.2, 0) is 4.79 Å². The average molecular weight is 260 g/mol. The number of hydrogen-bond donors (Lipinski definition) is 2. The smallest absolute Gasteiger partial charge is 0.136 e. The van der Waals surface area contributed by atoms with Crippen LogP contribution >= 0.6 is 0 Å². The molecule has 0 spiro atoms. The lowest BCUT2D eigenvalue weighted by Crippen LogP contribution is -2.09. The average Bonchev–Trinajstić information content (AvgIpc) is 2.74. The lowest BCUT2D eigenvalue weighted by atomic mass is 10.0. The highest BCUT2D eigenvalue weighted by atomic mass is 16.3. The molecule has 0 saturated heterocycles. The van der Waals surface area contributed by atoms with E-state index in [0.29, 0.717) is 12.8 Å². The van der Waals surface area contributed by atoms with E-state index in [0.717, 1.165) is 12.0 Å². The van der Waals surface area contributed by atoms with Gasteiger partial charge >= 0.3 is 0 Å². The monoisotopic (exact) mass is 260 g/mol. The van der Waals surface area contributed by atoms with Gasteiger partial charge in [-0.1, -0.05) is 42.5 Å². The van der Waals surface area contributed by atoms with Crippen molar-refractivity contribution in [2.24, 2.45) is 5.92 Å². The first-order valence-electron chi connectivity index (χ1n) is 6.76. The molecule has 3 nitrogen and oxygen atoms in total. The molecule has 1 aliphatic carbocycles. The van der Waals surface area contributed by atoms with Crippen molar-refractivity contribution in [2.45, 2.75) is 37.9 Å². The summed E-state index contributed by atoms with van der Waals surface area (Å²) in [5, 5.41) is 19.6. The van der Waals surface area contributed by atoms with Gasteiger partial charge in [-0.3, -0.25) is 4.79 Å². The van der Waals surface area contributed by atoms with E-state index in [1.54, 1.807) is 0 Å². The van der Waals surface area contributed by atoms with Gasteiger partial charge < -0.3 is 10.2 Å². The van der Waals surface area contributed by atoms with Gasteiger partial charge in [0, 0.05) is 18.8 Å². The third-order valence-electron chi connectivity index (χ3n) is 3.57. The molecule has 102 valence electrons. The van der Waals surface area contributed by atoms with E-state index in [9.17, 15) is 15.0 Å². The van der Waals surface area contributed by atoms with Crippen molar-refractivity contribution in [3.63, 3.8) is 0 Å². The van der Waals surface area contributed by atoms with Crippen LogP contribution in [0.4, 0.5) is 0 Å². The molecule has 1 aliphatic rings. The number of Topliss-reactive ketones (excluding diaryl/α,β-unsaturated/α-hetero) is 1. The molecule has 1 aromatic rings. The Morgan fingerprint density at radius 3 is 2.63 bits per heavy atom. The summed E-state index contributed by atoms with van der Waals surface area (Å²) < 4.78 is 0. The summed E-state index contributed by atoms with van der Waals surface area (Å²) in [5.74, 6) is 0.0906. The molecule has 0 radical (unpaired) electrons. The first-order valence-corrected chi connectivity index (χ1v) is 6.76. The van der Waals surface area contributed by atoms with E-state index in [1.807, 2.05) is 42.5 Å². The minimum atomic E-state index is -0.525. The van der Waals surface area contributed by atoms with Crippen molar-refractivity contribution in [1.29, 1.82) is 0 Å². The summed E-state index contributed by atoms with van der Waals surface area (Å²) in [6, 6.07) is 9.57. The maximum Gasteiger partial charge on any atom is 0.136 e. The Kier molecular flexibility index (Phi) is 4.88. The Morgan fingerprint density at radius 1 is 1.26 bits per heavy atom. The summed E-state index contributed by atoms with van der Waals surface area (Å²) in [6.07, 6.45) is 5.00. The minimum Gasteiger partial charge on any atom is -0.392 e. The van der Waals surface area contributed by atoms with Gasteiger partial charge in [-0.15, -0.1) is 0 Å². The van der Waals surface area contributed by atoms with Crippen LogP contribution in [0.15, 0.2) is 42.5 Å². The normalized spacial score (nSPS) is 25.1. The molecular weight excluding hydrogens is 240 g/mol. The summed E-state index contributed by atoms with van der Waals surface area (Å²) in [7, 11) is 0. The van der Waals surface area contributed by atoms with Gasteiger partial charge in [0.05, 0.1) is 12.2 Å². The van der Waals surface area contributed by atoms with Gasteiger partial charge in [0.15, 0.2) is 0 Å². The Bertz CT molecular complexity index is 439. The molecule has 2 N–H and O–H groups in total. The SMILES string of the molecule is O=C1C[C@@H](O)[C@@H](/C=C/CCC(O)c2ccccc2)C1. The van der Waals surface area contributed by atoms with E-state index in [4.69, 9.17) is 0 Å². The van der Waals surface area contributed by atoms with Gasteiger partial charge in [-0.25, -0.2) is 0 Å². The second-order valence-electron chi connectivity index (χ2n) is 5.11. The molecule has 19 heavy (non-hydrogen) atoms. The summed E-state index contributed by atoms with van der Waals surface area (Å²) in [4.78, 5) is 11.2. The van der Waals surface area contributed by atoms with Gasteiger partial charge in [-0.05, 0) is 18.4 Å². The van der Waals surface area contributed by atoms with E-state index in [1.165, 1.54) is 0 Å². The molecule has 0 amide bonds. The quantitative estimate of drug-likeness (QED) is 0.799. The van der Waals surface area contributed by atoms with Gasteiger partial charge in [-0.2, -0.15) is 0 Å². The Labute approximate surface area is 113 Å². The van der Waals surface area contributed by atoms with Crippen molar-refractivity contribution in [3.8, 4) is 0 Å². The fourth-order valence-electron chi connectivity index (χ4n) is 2.43. The summed E-state index contributed by atoms with van der Waals surface area (Å²) in [6.45, 7) is 0. The largest absolute Gasteiger partial charge is 0.392 e. The van der Waals surface area contributed by atoms with Crippen LogP contribution in [0.2, 0.25) is 0 Å². The van der Waals surface area contributed by atoms with E-state index in [-0.39, 0.29) is 18.1 Å². The number of aliphatic hydroxyl groups is 2. The van der Waals surface area contributed by atoms with E-state index >= 15 is 0 Å². The standard InChI is InChI=1S/C16H20O3/c17-14-10-13(16(19)11-14)8-4-5-9-15(18)12-6-2-1-3-7-12/h1-4,6-8,13,15-16,18-19H,5,9-11H2/b8-4+/t13-,15?,16+/m0/s1. The summed E-state index contributed by atoms with van der Waals surface area (Å²) in [5.41, 5.74) is 0.923. The number of allylic oxidation sites excluding steroid dienone is 1. The maximum absolute atomic E-state index is 11.2. The zero-order chi connectivity index (χ0) is 13.7. The van der Waals surface area contributed by atoms with E-state index in [2.05, 4.69) is 0 Å². The van der Waals surface area contributed by atoms with Crippen LogP contribution in [0.5, 0.6) is 0 Å². The van der Waals surface area contributed by atoms with Gasteiger partial charge in [0.1, 0.15) is 5.78 Å². The number of carbonyl (C=O) groups is 1. The number of hydrogen-bond acceptors (Lipinski definition) is 3. The molecule has 0 bridgehead atoms. The molecule has 0 aromatic heterocycles. The molecule has 0 heterocycles. The minimum absolute atomic E-state index is 0.0404. The highest BCUT2D eigenvalue weighted by molar-refractivity contribution is 5.81. The molecule has 3 atom stereocenters. The lowest BCUT2D eigenvalue weighted by molar-refractivity contribution is -0.117. The molecule has 2 rings (SSSR count). The Morgan fingerprint density at radius 2 is 2.00 bits per heavy atom. The van der Waals surface area contributed by atoms with Crippen LogP contribution in [0.3, 0.4) is 0 Å². The predicted octanol–water partition coefficient (Wildman–Crippen LogP) is 2.40. The molecule has 1 saturated carbocycles. The second-order valence-corrected chi connectivity index (χ2v) is 5.11. The number of aliphatic hydroxyl groups excluding tert-OH is 2. The molecular formula is C16H20O3. The second kappa shape index (κ2) is 6.64. The van der Waals surface area contributed by atoms with Crippen LogP contribution in [0, 0.1) is 5.92 Å². The van der Waals surface area contributed by atoms with Crippen molar-refractivity contribution >= 4 is 5.78 Å². The Hall–Kier alpha value is -1.45. The molecule has 1 fully saturated rings. The van der Waals surface area contributed by atoms with E-state index < -0.39 is 12.2 Å². The van der Waals surface area contributed by atoms with Crippen molar-refractivity contribution in [2.75, 3.05) is 0 Å². The molecule has 1 aromatic carbocycles. The predicted molar refractivity (Wildman–Crippen MR) is 73.5 cm³/mol. The number of benzene rings is 1. The maximum atomic E-state index is 11.2. The van der Waals surface area contributed by atoms with Crippen LogP contribution in [-0.4, -0.2) is 22.1 Å². The van der Waals surface area contributed by atoms with Crippen LogP contribution in [0.1, 0.15) is 37.4 Å². The van der Waals surface area contributed by atoms with Gasteiger partial charge in [0.25, 0.3) is 0 Å². The third-order valence-corrected chi connectivity index (χ3v) is 3.57. The number of carbonyl (C=O) groups excluding carboxylic acids is 1. The summed E-state index contributed by atoms with van der Waals surface area (Å²) >= 11 is 0. The zero-order valence-electron chi connectivity index (χ0n) is 10.9. The zero-order valence-corrected chi connectivity index (χ0v) is 10.9. The van der Waals surface area contributed by atoms with Crippen molar-refractivity contribution in [1.82, 2.24) is 0 Å². The van der Waals surface area contributed by atoms with Crippen molar-refractivity contribution in [3.05, 3.63) is 48.0 Å². The fraction of sp³-hybridized carbons (Fsp3) is 0.438. The lowest BCUT2D eigenvalue weighted by Gasteiger charge is -2.10. The fourth-order valence-corrected chi connectivity index (χ4v) is 2.43. The number of rotatable bonds is 5. The first-order chi connectivity index (χ1) is 9.16. The molecule has 0 aliphatic heterocycles. The number of ketones is 1. The third kappa shape index (κ3) is 4.01. The topological polar surface area (TPSA) is 57.5 Å². The van der Waals surface area contributed by atoms with Gasteiger partial charge in [0.2, 0.25) is 0 Å². The van der Waals surface area contributed by atoms with Crippen molar-refractivity contribution < 1.29 is 15.0 Å². The molecule has 1 unspecified atom stereocenters. The van der Waals surface area contributed by atoms with Crippen LogP contribution in [0.25, 0.3) is 0 Å². The molecule has 3 heteroatoms. The highest BCUT2D eigenvalue weighted by Gasteiger charge is 2.29.